The molecule has 1 aromatic rings. The summed E-state index contributed by atoms with van der Waals surface area (Å²) >= 11 is 2.97. The zero-order valence-corrected chi connectivity index (χ0v) is 9.01. The summed E-state index contributed by atoms with van der Waals surface area (Å²) in [7, 11) is 0. The Hall–Kier alpha value is -0.940. The summed E-state index contributed by atoms with van der Waals surface area (Å²) in [4.78, 5) is 10.8. The highest BCUT2D eigenvalue weighted by atomic mass is 79.9. The van der Waals surface area contributed by atoms with Gasteiger partial charge < -0.3 is 10.8 Å². The van der Waals surface area contributed by atoms with Gasteiger partial charge in [0.1, 0.15) is 11.4 Å². The molecule has 0 bridgehead atoms. The van der Waals surface area contributed by atoms with Gasteiger partial charge in [-0.15, -0.1) is 0 Å². The topological polar surface area (TPSA) is 63.3 Å². The summed E-state index contributed by atoms with van der Waals surface area (Å²) < 4.78 is 13.2. The first-order chi connectivity index (χ1) is 6.37. The Morgan fingerprint density at radius 1 is 1.64 bits per heavy atom. The molecule has 1 atom stereocenters. The Morgan fingerprint density at radius 2 is 2.21 bits per heavy atom. The van der Waals surface area contributed by atoms with Gasteiger partial charge >= 0.3 is 5.97 Å². The number of aliphatic carboxylic acids is 1. The fourth-order valence-corrected chi connectivity index (χ4v) is 1.70. The van der Waals surface area contributed by atoms with Crippen LogP contribution in [0.15, 0.2) is 22.7 Å². The number of benzene rings is 1. The van der Waals surface area contributed by atoms with E-state index >= 15 is 0 Å². The number of hydrogen-bond acceptors (Lipinski definition) is 2. The summed E-state index contributed by atoms with van der Waals surface area (Å²) in [6.45, 7) is 1.31. The third kappa shape index (κ3) is 1.78. The maximum atomic E-state index is 13.1. The highest BCUT2D eigenvalue weighted by Gasteiger charge is 2.32. The second kappa shape index (κ2) is 3.67. The van der Waals surface area contributed by atoms with E-state index in [-0.39, 0.29) is 10.0 Å². The number of carbonyl (C=O) groups is 1. The molecule has 0 saturated heterocycles. The molecule has 3 nitrogen and oxygen atoms in total. The van der Waals surface area contributed by atoms with Crippen molar-refractivity contribution in [2.24, 2.45) is 5.73 Å². The molecule has 0 aliphatic carbocycles. The van der Waals surface area contributed by atoms with E-state index in [0.717, 1.165) is 0 Å². The molecule has 5 heteroatoms. The third-order valence-electron chi connectivity index (χ3n) is 1.96. The van der Waals surface area contributed by atoms with E-state index in [9.17, 15) is 9.18 Å². The standard InChI is InChI=1S/C9H9BrFNO2/c1-9(12,8(13)14)5-3-2-4-6(11)7(5)10/h2-4H,12H2,1H3,(H,13,14). The van der Waals surface area contributed by atoms with Crippen LogP contribution in [0, 0.1) is 5.82 Å². The van der Waals surface area contributed by atoms with Crippen LogP contribution in [0.5, 0.6) is 0 Å². The summed E-state index contributed by atoms with van der Waals surface area (Å²) in [5, 5.41) is 8.84. The number of carboxylic acids is 1. The second-order valence-electron chi connectivity index (χ2n) is 3.11. The van der Waals surface area contributed by atoms with E-state index in [0.29, 0.717) is 0 Å². The van der Waals surface area contributed by atoms with Crippen molar-refractivity contribution in [1.29, 1.82) is 0 Å². The van der Waals surface area contributed by atoms with Gasteiger partial charge in [0, 0.05) is 5.56 Å². The summed E-state index contributed by atoms with van der Waals surface area (Å²) in [6.07, 6.45) is 0. The summed E-state index contributed by atoms with van der Waals surface area (Å²) in [5.74, 6) is -1.73. The van der Waals surface area contributed by atoms with Crippen molar-refractivity contribution in [3.05, 3.63) is 34.1 Å². The van der Waals surface area contributed by atoms with Crippen LogP contribution in [0.1, 0.15) is 12.5 Å². The van der Waals surface area contributed by atoms with Gasteiger partial charge in [0.05, 0.1) is 4.47 Å². The normalized spacial score (nSPS) is 14.9. The molecule has 0 aliphatic heterocycles. The largest absolute Gasteiger partial charge is 0.480 e. The van der Waals surface area contributed by atoms with Crippen LogP contribution in [-0.4, -0.2) is 11.1 Å². The van der Waals surface area contributed by atoms with E-state index in [1.165, 1.54) is 25.1 Å². The second-order valence-corrected chi connectivity index (χ2v) is 3.90. The Kier molecular flexibility index (Phi) is 2.92. The van der Waals surface area contributed by atoms with Crippen molar-refractivity contribution in [1.82, 2.24) is 0 Å². The molecule has 0 aromatic heterocycles. The van der Waals surface area contributed by atoms with E-state index < -0.39 is 17.3 Å². The van der Waals surface area contributed by atoms with Crippen LogP contribution in [0.25, 0.3) is 0 Å². The molecule has 0 amide bonds. The van der Waals surface area contributed by atoms with Crippen molar-refractivity contribution in [2.75, 3.05) is 0 Å². The molecule has 14 heavy (non-hydrogen) atoms. The molecule has 0 aliphatic rings. The van der Waals surface area contributed by atoms with Crippen molar-refractivity contribution in [2.45, 2.75) is 12.5 Å². The molecule has 3 N–H and O–H groups in total. The van der Waals surface area contributed by atoms with Gasteiger partial charge in [-0.2, -0.15) is 0 Å². The van der Waals surface area contributed by atoms with E-state index in [4.69, 9.17) is 10.8 Å². The van der Waals surface area contributed by atoms with Crippen LogP contribution in [0.2, 0.25) is 0 Å². The van der Waals surface area contributed by atoms with Gasteiger partial charge in [-0.25, -0.2) is 9.18 Å². The SMILES string of the molecule is CC(N)(C(=O)O)c1cccc(F)c1Br. The molecular weight excluding hydrogens is 253 g/mol. The van der Waals surface area contributed by atoms with Gasteiger partial charge in [-0.3, -0.25) is 0 Å². The predicted molar refractivity (Wildman–Crippen MR) is 53.3 cm³/mol. The number of halogens is 2. The molecule has 1 unspecified atom stereocenters. The first-order valence-electron chi connectivity index (χ1n) is 3.84. The van der Waals surface area contributed by atoms with Gasteiger partial charge in [0.2, 0.25) is 0 Å². The number of rotatable bonds is 2. The van der Waals surface area contributed by atoms with Crippen LogP contribution in [-0.2, 0) is 10.3 Å². The molecule has 0 radical (unpaired) electrons. The van der Waals surface area contributed by atoms with Crippen molar-refractivity contribution < 1.29 is 14.3 Å². The fraction of sp³-hybridized carbons (Fsp3) is 0.222. The van der Waals surface area contributed by atoms with Crippen molar-refractivity contribution in [3.8, 4) is 0 Å². The maximum Gasteiger partial charge on any atom is 0.328 e. The molecule has 0 saturated carbocycles. The Morgan fingerprint density at radius 3 is 2.71 bits per heavy atom. The fourth-order valence-electron chi connectivity index (χ4n) is 1.02. The lowest BCUT2D eigenvalue weighted by Crippen LogP contribution is -2.42. The molecule has 0 fully saturated rings. The summed E-state index contributed by atoms with van der Waals surface area (Å²) in [5.41, 5.74) is 4.17. The number of nitrogens with two attached hydrogens (primary N) is 1. The lowest BCUT2D eigenvalue weighted by Gasteiger charge is -2.21. The quantitative estimate of drug-likeness (QED) is 0.854. The van der Waals surface area contributed by atoms with Crippen LogP contribution < -0.4 is 5.73 Å². The zero-order chi connectivity index (χ0) is 10.9. The predicted octanol–water partition coefficient (Wildman–Crippen LogP) is 1.85. The van der Waals surface area contributed by atoms with E-state index in [2.05, 4.69) is 15.9 Å². The molecule has 1 rings (SSSR count). The number of hydrogen-bond donors (Lipinski definition) is 2. The lowest BCUT2D eigenvalue weighted by molar-refractivity contribution is -0.143. The Bertz CT molecular complexity index is 379. The van der Waals surface area contributed by atoms with Crippen LogP contribution >= 0.6 is 15.9 Å². The third-order valence-corrected chi connectivity index (χ3v) is 2.76. The van der Waals surface area contributed by atoms with Crippen LogP contribution in [0.4, 0.5) is 4.39 Å². The van der Waals surface area contributed by atoms with Crippen LogP contribution in [0.3, 0.4) is 0 Å². The Labute approximate surface area is 88.9 Å². The van der Waals surface area contributed by atoms with Gasteiger partial charge in [-0.1, -0.05) is 12.1 Å². The van der Waals surface area contributed by atoms with E-state index in [1.54, 1.807) is 0 Å². The lowest BCUT2D eigenvalue weighted by atomic mass is 9.93. The first-order valence-corrected chi connectivity index (χ1v) is 4.63. The average Bonchev–Trinajstić information content (AvgIpc) is 2.09. The van der Waals surface area contributed by atoms with Crippen molar-refractivity contribution >= 4 is 21.9 Å². The smallest absolute Gasteiger partial charge is 0.328 e. The molecule has 76 valence electrons. The summed E-state index contributed by atoms with van der Waals surface area (Å²) in [6, 6.07) is 4.12. The van der Waals surface area contributed by atoms with Gasteiger partial charge in [-0.05, 0) is 28.9 Å². The zero-order valence-electron chi connectivity index (χ0n) is 7.42. The van der Waals surface area contributed by atoms with Crippen molar-refractivity contribution in [3.63, 3.8) is 0 Å². The van der Waals surface area contributed by atoms with E-state index in [1.807, 2.05) is 0 Å². The molecular formula is C9H9BrFNO2. The molecule has 0 spiro atoms. The minimum absolute atomic E-state index is 0.0902. The highest BCUT2D eigenvalue weighted by molar-refractivity contribution is 9.10. The minimum Gasteiger partial charge on any atom is -0.480 e. The average molecular weight is 262 g/mol. The Balaban J connectivity index is 3.33. The molecule has 0 heterocycles. The monoisotopic (exact) mass is 261 g/mol. The van der Waals surface area contributed by atoms with Gasteiger partial charge in [0.15, 0.2) is 0 Å². The number of carboxylic acid groups (broad SMARTS) is 1. The van der Waals surface area contributed by atoms with Gasteiger partial charge in [0.25, 0.3) is 0 Å². The molecule has 1 aromatic carbocycles. The minimum atomic E-state index is -1.60. The first kappa shape index (κ1) is 11.1. The highest BCUT2D eigenvalue weighted by Crippen LogP contribution is 2.28. The maximum absolute atomic E-state index is 13.1.